The van der Waals surface area contributed by atoms with Crippen LogP contribution in [-0.4, -0.2) is 11.1 Å². The molecule has 0 bridgehead atoms. The first-order chi connectivity index (χ1) is 9.63. The van der Waals surface area contributed by atoms with E-state index in [0.717, 1.165) is 16.8 Å². The molecule has 0 unspecified atom stereocenters. The van der Waals surface area contributed by atoms with Gasteiger partial charge in [-0.1, -0.05) is 24.3 Å². The molecular weight excluding hydrogens is 257 g/mol. The molecule has 0 atom stereocenters. The van der Waals surface area contributed by atoms with Gasteiger partial charge in [0.25, 0.3) is 0 Å². The van der Waals surface area contributed by atoms with Gasteiger partial charge in [0.1, 0.15) is 5.82 Å². The molecule has 0 aliphatic heterocycles. The topological polar surface area (TPSA) is 49.3 Å². The number of hydrogen-bond donors (Lipinski definition) is 2. The van der Waals surface area contributed by atoms with Crippen LogP contribution in [0.2, 0.25) is 0 Å². The van der Waals surface area contributed by atoms with Crippen LogP contribution in [0.3, 0.4) is 0 Å². The average Bonchev–Trinajstić information content (AvgIpc) is 2.44. The van der Waals surface area contributed by atoms with Gasteiger partial charge in [0.05, 0.1) is 0 Å². The fourth-order valence-corrected chi connectivity index (χ4v) is 1.89. The molecule has 3 nitrogen and oxygen atoms in total. The van der Waals surface area contributed by atoms with Gasteiger partial charge in [0.2, 0.25) is 0 Å². The van der Waals surface area contributed by atoms with E-state index >= 15 is 0 Å². The third-order valence-electron chi connectivity index (χ3n) is 2.97. The summed E-state index contributed by atoms with van der Waals surface area (Å²) in [6.45, 7) is 0.548. The number of rotatable bonds is 6. The number of aryl methyl sites for hydroxylation is 1. The summed E-state index contributed by atoms with van der Waals surface area (Å²) in [5.41, 5.74) is 2.79. The van der Waals surface area contributed by atoms with Gasteiger partial charge < -0.3 is 10.4 Å². The number of hydrogen-bond acceptors (Lipinski definition) is 2. The summed E-state index contributed by atoms with van der Waals surface area (Å²) in [7, 11) is 0. The number of carboxylic acid groups (broad SMARTS) is 1. The van der Waals surface area contributed by atoms with Crippen LogP contribution in [0.15, 0.2) is 48.5 Å². The second-order valence-corrected chi connectivity index (χ2v) is 4.57. The third-order valence-corrected chi connectivity index (χ3v) is 2.97. The Bertz CT molecular complexity index is 581. The second kappa shape index (κ2) is 6.70. The largest absolute Gasteiger partial charge is 0.481 e. The fourth-order valence-electron chi connectivity index (χ4n) is 1.89. The summed E-state index contributed by atoms with van der Waals surface area (Å²) >= 11 is 0. The van der Waals surface area contributed by atoms with Crippen molar-refractivity contribution in [1.82, 2.24) is 0 Å². The molecule has 2 aromatic carbocycles. The first-order valence-corrected chi connectivity index (χ1v) is 6.42. The smallest absolute Gasteiger partial charge is 0.303 e. The second-order valence-electron chi connectivity index (χ2n) is 4.57. The summed E-state index contributed by atoms with van der Waals surface area (Å²) in [6.07, 6.45) is 0.662. The van der Waals surface area contributed by atoms with Crippen molar-refractivity contribution >= 4 is 11.7 Å². The zero-order chi connectivity index (χ0) is 14.4. The lowest BCUT2D eigenvalue weighted by Gasteiger charge is -2.07. The Morgan fingerprint density at radius 1 is 1.10 bits per heavy atom. The molecule has 104 valence electrons. The minimum absolute atomic E-state index is 0.135. The van der Waals surface area contributed by atoms with E-state index in [2.05, 4.69) is 5.32 Å². The van der Waals surface area contributed by atoms with Crippen molar-refractivity contribution in [2.24, 2.45) is 0 Å². The molecule has 2 aromatic rings. The number of anilines is 1. The van der Waals surface area contributed by atoms with Crippen molar-refractivity contribution < 1.29 is 14.3 Å². The van der Waals surface area contributed by atoms with Crippen LogP contribution in [0.4, 0.5) is 10.1 Å². The van der Waals surface area contributed by atoms with E-state index in [4.69, 9.17) is 5.11 Å². The Balaban J connectivity index is 1.89. The molecule has 2 rings (SSSR count). The molecule has 0 saturated heterocycles. The summed E-state index contributed by atoms with van der Waals surface area (Å²) in [5, 5.41) is 11.8. The van der Waals surface area contributed by atoms with E-state index in [9.17, 15) is 9.18 Å². The molecule has 0 amide bonds. The van der Waals surface area contributed by atoms with Crippen molar-refractivity contribution in [3.63, 3.8) is 0 Å². The molecule has 0 radical (unpaired) electrons. The third kappa shape index (κ3) is 4.39. The van der Waals surface area contributed by atoms with E-state index in [-0.39, 0.29) is 12.2 Å². The van der Waals surface area contributed by atoms with Gasteiger partial charge in [-0.15, -0.1) is 0 Å². The molecule has 0 saturated carbocycles. The standard InChI is InChI=1S/C16H16FNO2/c17-14-3-1-2-13(10-14)11-18-15-7-4-12(5-8-15)6-9-16(19)20/h1-5,7-8,10,18H,6,9,11H2,(H,19,20). The lowest BCUT2D eigenvalue weighted by atomic mass is 10.1. The average molecular weight is 273 g/mol. The molecule has 0 spiro atoms. The van der Waals surface area contributed by atoms with Gasteiger partial charge in [-0.2, -0.15) is 0 Å². The zero-order valence-corrected chi connectivity index (χ0v) is 11.0. The highest BCUT2D eigenvalue weighted by Gasteiger charge is 2.00. The van der Waals surface area contributed by atoms with Crippen molar-refractivity contribution in [3.8, 4) is 0 Å². The van der Waals surface area contributed by atoms with Gasteiger partial charge in [-0.05, 0) is 41.8 Å². The maximum Gasteiger partial charge on any atom is 0.303 e. The SMILES string of the molecule is O=C(O)CCc1ccc(NCc2cccc(F)c2)cc1. The molecule has 0 heterocycles. The minimum atomic E-state index is -0.793. The first-order valence-electron chi connectivity index (χ1n) is 6.42. The van der Waals surface area contributed by atoms with Crippen LogP contribution in [-0.2, 0) is 17.8 Å². The van der Waals surface area contributed by atoms with E-state index in [1.165, 1.54) is 12.1 Å². The van der Waals surface area contributed by atoms with Crippen molar-refractivity contribution in [2.75, 3.05) is 5.32 Å². The summed E-state index contributed by atoms with van der Waals surface area (Å²) in [6, 6.07) is 14.0. The number of benzene rings is 2. The number of carboxylic acids is 1. The predicted octanol–water partition coefficient (Wildman–Crippen LogP) is 3.46. The molecule has 0 aliphatic rings. The lowest BCUT2D eigenvalue weighted by Crippen LogP contribution is -2.00. The van der Waals surface area contributed by atoms with Gasteiger partial charge in [-0.25, -0.2) is 4.39 Å². The molecule has 20 heavy (non-hydrogen) atoms. The maximum absolute atomic E-state index is 13.0. The highest BCUT2D eigenvalue weighted by Crippen LogP contribution is 2.13. The van der Waals surface area contributed by atoms with Crippen molar-refractivity contribution in [1.29, 1.82) is 0 Å². The summed E-state index contributed by atoms with van der Waals surface area (Å²) in [4.78, 5) is 10.5. The first kappa shape index (κ1) is 14.1. The van der Waals surface area contributed by atoms with Crippen LogP contribution in [0.25, 0.3) is 0 Å². The van der Waals surface area contributed by atoms with Gasteiger partial charge in [0.15, 0.2) is 0 Å². The zero-order valence-electron chi connectivity index (χ0n) is 11.0. The van der Waals surface area contributed by atoms with E-state index in [0.29, 0.717) is 13.0 Å². The highest BCUT2D eigenvalue weighted by molar-refractivity contribution is 5.67. The Morgan fingerprint density at radius 2 is 1.85 bits per heavy atom. The lowest BCUT2D eigenvalue weighted by molar-refractivity contribution is -0.136. The van der Waals surface area contributed by atoms with Crippen molar-refractivity contribution in [3.05, 3.63) is 65.5 Å². The Labute approximate surface area is 117 Å². The Hall–Kier alpha value is -2.36. The summed E-state index contributed by atoms with van der Waals surface area (Å²) < 4.78 is 13.0. The van der Waals surface area contributed by atoms with Gasteiger partial charge in [-0.3, -0.25) is 4.79 Å². The van der Waals surface area contributed by atoms with Crippen molar-refractivity contribution in [2.45, 2.75) is 19.4 Å². The molecular formula is C16H16FNO2. The van der Waals surface area contributed by atoms with Crippen LogP contribution >= 0.6 is 0 Å². The fraction of sp³-hybridized carbons (Fsp3) is 0.188. The van der Waals surface area contributed by atoms with Gasteiger partial charge >= 0.3 is 5.97 Å². The number of carbonyl (C=O) groups is 1. The Morgan fingerprint density at radius 3 is 2.50 bits per heavy atom. The van der Waals surface area contributed by atoms with Gasteiger partial charge in [0, 0.05) is 18.7 Å². The normalized spacial score (nSPS) is 10.2. The number of nitrogens with one attached hydrogen (secondary N) is 1. The summed E-state index contributed by atoms with van der Waals surface area (Å²) in [5.74, 6) is -1.04. The predicted molar refractivity (Wildman–Crippen MR) is 76.1 cm³/mol. The quantitative estimate of drug-likeness (QED) is 0.847. The molecule has 4 heteroatoms. The van der Waals surface area contributed by atoms with E-state index in [1.54, 1.807) is 6.07 Å². The maximum atomic E-state index is 13.0. The van der Waals surface area contributed by atoms with Crippen LogP contribution in [0, 0.1) is 5.82 Å². The molecule has 0 fully saturated rings. The Kier molecular flexibility index (Phi) is 4.71. The van der Waals surface area contributed by atoms with Crippen LogP contribution in [0.5, 0.6) is 0 Å². The number of aliphatic carboxylic acids is 1. The van der Waals surface area contributed by atoms with E-state index < -0.39 is 5.97 Å². The highest BCUT2D eigenvalue weighted by atomic mass is 19.1. The molecule has 0 aliphatic carbocycles. The van der Waals surface area contributed by atoms with Crippen LogP contribution < -0.4 is 5.32 Å². The monoisotopic (exact) mass is 273 g/mol. The minimum Gasteiger partial charge on any atom is -0.481 e. The molecule has 0 aromatic heterocycles. The van der Waals surface area contributed by atoms with Crippen LogP contribution in [0.1, 0.15) is 17.5 Å². The number of halogens is 1. The molecule has 2 N–H and O–H groups in total. The van der Waals surface area contributed by atoms with E-state index in [1.807, 2.05) is 30.3 Å².